The van der Waals surface area contributed by atoms with Gasteiger partial charge in [0.2, 0.25) is 0 Å². The maximum absolute atomic E-state index is 9.59. The summed E-state index contributed by atoms with van der Waals surface area (Å²) in [5.74, 6) is -0.912. The van der Waals surface area contributed by atoms with E-state index in [-0.39, 0.29) is 39.0 Å². The van der Waals surface area contributed by atoms with Gasteiger partial charge in [0.15, 0.2) is 0 Å². The van der Waals surface area contributed by atoms with E-state index in [1.165, 1.54) is 0 Å². The molecule has 0 radical (unpaired) electrons. The summed E-state index contributed by atoms with van der Waals surface area (Å²) < 4.78 is 0. The van der Waals surface area contributed by atoms with Gasteiger partial charge in [-0.05, 0) is 0 Å². The number of hydrogen-bond donors (Lipinski definition) is 0. The van der Waals surface area contributed by atoms with Crippen LogP contribution in [0.1, 0.15) is 6.92 Å². The summed E-state index contributed by atoms with van der Waals surface area (Å²) in [6.07, 6.45) is 0. The molecule has 0 aromatic carbocycles. The monoisotopic (exact) mass is 309 g/mol. The van der Waals surface area contributed by atoms with Crippen molar-refractivity contribution >= 4 is 5.97 Å². The molecule has 0 rings (SSSR count). The molecule has 0 aliphatic heterocycles. The largest absolute Gasteiger partial charge is 0.302 e. The Labute approximate surface area is 76.8 Å². The summed E-state index contributed by atoms with van der Waals surface area (Å²) in [6, 6.07) is 0. The van der Waals surface area contributed by atoms with Crippen molar-refractivity contribution in [3.05, 3.63) is 10.1 Å². The van der Waals surface area contributed by atoms with Gasteiger partial charge in [0.25, 0.3) is 0 Å². The molecule has 0 unspecified atom stereocenters. The molecule has 0 N–H and O–H groups in total. The molecule has 0 fully saturated rings. The summed E-state index contributed by atoms with van der Waals surface area (Å²) >= 11 is 0. The van der Waals surface area contributed by atoms with Gasteiger partial charge in [-0.25, -0.2) is 4.84 Å². The van der Waals surface area contributed by atoms with Crippen LogP contribution in [-0.2, 0) is 48.6 Å². The molecule has 9 heavy (non-hydrogen) atoms. The van der Waals surface area contributed by atoms with Gasteiger partial charge in [-0.15, -0.1) is 10.1 Å². The summed E-state index contributed by atoms with van der Waals surface area (Å²) in [7, 11) is 0. The van der Waals surface area contributed by atoms with E-state index in [0.717, 1.165) is 6.92 Å². The van der Waals surface area contributed by atoms with E-state index in [1.807, 2.05) is 0 Å². The number of carbonyl (C=O) groups excluding carboxylic acids is 1. The minimum absolute atomic E-state index is 0. The second kappa shape index (κ2) is 8.12. The summed E-state index contributed by atoms with van der Waals surface area (Å²) in [4.78, 5) is 22.1. The molecule has 0 aromatic heterocycles. The van der Waals surface area contributed by atoms with Crippen LogP contribution in [0.25, 0.3) is 0 Å². The van der Waals surface area contributed by atoms with E-state index in [0.29, 0.717) is 0 Å². The van der Waals surface area contributed by atoms with Crippen LogP contribution >= 0.6 is 0 Å². The molecule has 0 atom stereocenters. The Morgan fingerprint density at radius 2 is 1.89 bits per heavy atom. The Balaban J connectivity index is -0.000000180. The maximum atomic E-state index is 9.59. The van der Waals surface area contributed by atoms with Crippen LogP contribution in [0.2, 0.25) is 0 Å². The van der Waals surface area contributed by atoms with Gasteiger partial charge < -0.3 is 0 Å². The fraction of sp³-hybridized carbons (Fsp3) is 0.500. The summed E-state index contributed by atoms with van der Waals surface area (Å²) in [6.45, 7) is 0.961. The van der Waals surface area contributed by atoms with E-state index in [1.54, 1.807) is 0 Å². The summed E-state index contributed by atoms with van der Waals surface area (Å²) in [5, 5.41) is 8.02. The first-order chi connectivity index (χ1) is 3.13. The SMILES string of the molecule is CC(=O)O[N+](=O)[O-].[Ru].[Ru]. The molecule has 0 heterocycles. The van der Waals surface area contributed by atoms with Gasteiger partial charge in [-0.3, -0.25) is 4.79 Å². The quantitative estimate of drug-likeness (QED) is 0.380. The zero-order chi connectivity index (χ0) is 5.86. The molecule has 0 saturated heterocycles. The van der Waals surface area contributed by atoms with Crippen LogP contribution < -0.4 is 0 Å². The van der Waals surface area contributed by atoms with Crippen molar-refractivity contribution in [2.45, 2.75) is 6.92 Å². The zero-order valence-corrected chi connectivity index (χ0v) is 7.76. The predicted molar refractivity (Wildman–Crippen MR) is 18.8 cm³/mol. The second-order valence-corrected chi connectivity index (χ2v) is 0.806. The predicted octanol–water partition coefficient (Wildman–Crippen LogP) is -0.264. The van der Waals surface area contributed by atoms with Gasteiger partial charge in [0.1, 0.15) is 0 Å². The third-order valence-electron chi connectivity index (χ3n) is 0.203. The molecule has 0 aliphatic carbocycles. The normalized spacial score (nSPS) is 5.89. The Morgan fingerprint density at radius 3 is 1.89 bits per heavy atom. The van der Waals surface area contributed by atoms with Crippen molar-refractivity contribution in [1.82, 2.24) is 0 Å². The van der Waals surface area contributed by atoms with Crippen LogP contribution in [0, 0.1) is 10.1 Å². The van der Waals surface area contributed by atoms with Crippen LogP contribution in [0.5, 0.6) is 0 Å². The zero-order valence-electron chi connectivity index (χ0n) is 4.29. The van der Waals surface area contributed by atoms with E-state index in [2.05, 4.69) is 4.84 Å². The van der Waals surface area contributed by atoms with E-state index in [9.17, 15) is 14.9 Å². The van der Waals surface area contributed by atoms with Crippen LogP contribution in [-0.4, -0.2) is 11.1 Å². The fourth-order valence-corrected chi connectivity index (χ4v) is 0.105. The maximum Gasteiger partial charge on any atom is 0.302 e. The number of hydrogen-bond acceptors (Lipinski definition) is 4. The molecular formula is C2H3NO4Ru2. The second-order valence-electron chi connectivity index (χ2n) is 0.806. The van der Waals surface area contributed by atoms with Gasteiger partial charge in [-0.1, -0.05) is 0 Å². The average molecular weight is 307 g/mol. The molecule has 0 aliphatic rings. The van der Waals surface area contributed by atoms with Gasteiger partial charge in [0, 0.05) is 45.9 Å². The molecule has 7 heteroatoms. The van der Waals surface area contributed by atoms with E-state index in [4.69, 9.17) is 0 Å². The molecule has 0 bridgehead atoms. The van der Waals surface area contributed by atoms with Crippen molar-refractivity contribution in [2.75, 3.05) is 0 Å². The van der Waals surface area contributed by atoms with Gasteiger partial charge in [-0.2, -0.15) is 0 Å². The fourth-order valence-electron chi connectivity index (χ4n) is 0.105. The molecule has 0 spiro atoms. The molecular weight excluding hydrogens is 304 g/mol. The topological polar surface area (TPSA) is 69.4 Å². The Bertz CT molecular complexity index is 92.7. The Morgan fingerprint density at radius 1 is 1.56 bits per heavy atom. The van der Waals surface area contributed by atoms with Crippen molar-refractivity contribution in [2.24, 2.45) is 0 Å². The third kappa shape index (κ3) is 17.9. The van der Waals surface area contributed by atoms with Crippen LogP contribution in [0.3, 0.4) is 0 Å². The minimum Gasteiger partial charge on any atom is -0.269 e. The third-order valence-corrected chi connectivity index (χ3v) is 0.203. The number of nitrogens with zero attached hydrogens (tertiary/aromatic N) is 1. The average Bonchev–Trinajstić information content (AvgIpc) is 1.27. The van der Waals surface area contributed by atoms with E-state index >= 15 is 0 Å². The van der Waals surface area contributed by atoms with Gasteiger partial charge >= 0.3 is 11.1 Å². The minimum atomic E-state index is -1.15. The van der Waals surface area contributed by atoms with Crippen LogP contribution in [0.4, 0.5) is 0 Å². The first kappa shape index (κ1) is 16.1. The molecule has 0 saturated carbocycles. The smallest absolute Gasteiger partial charge is 0.269 e. The van der Waals surface area contributed by atoms with Crippen molar-refractivity contribution < 1.29 is 53.7 Å². The van der Waals surface area contributed by atoms with Crippen molar-refractivity contribution in [1.29, 1.82) is 0 Å². The van der Waals surface area contributed by atoms with Crippen molar-refractivity contribution in [3.8, 4) is 0 Å². The number of carbonyl (C=O) groups is 1. The van der Waals surface area contributed by atoms with Crippen molar-refractivity contribution in [3.63, 3.8) is 0 Å². The first-order valence-electron chi connectivity index (χ1n) is 1.46. The molecule has 56 valence electrons. The first-order valence-corrected chi connectivity index (χ1v) is 1.46. The Hall–Kier alpha value is 0.117. The summed E-state index contributed by atoms with van der Waals surface area (Å²) in [5.41, 5.74) is 0. The van der Waals surface area contributed by atoms with E-state index < -0.39 is 11.1 Å². The molecule has 0 amide bonds. The van der Waals surface area contributed by atoms with Crippen LogP contribution in [0.15, 0.2) is 0 Å². The molecule has 5 nitrogen and oxygen atoms in total. The Kier molecular flexibility index (Phi) is 14.5. The standard InChI is InChI=1S/C2H3NO4.2Ru/c1-2(4)7-3(5)6;;/h1H3;;. The van der Waals surface area contributed by atoms with Gasteiger partial charge in [0.05, 0.1) is 0 Å². The number of rotatable bonds is 1. The molecule has 0 aromatic rings.